The minimum atomic E-state index is -3.28. The normalized spacial score (nSPS) is 19.4. The van der Waals surface area contributed by atoms with Crippen LogP contribution in [0.1, 0.15) is 33.6 Å². The number of sulfonamides is 1. The summed E-state index contributed by atoms with van der Waals surface area (Å²) in [7, 11) is -3.28. The highest BCUT2D eigenvalue weighted by molar-refractivity contribution is 7.89. The first-order valence-electron chi connectivity index (χ1n) is 7.10. The van der Waals surface area contributed by atoms with Crippen LogP contribution in [0.25, 0.3) is 0 Å². The van der Waals surface area contributed by atoms with Gasteiger partial charge in [0.2, 0.25) is 15.9 Å². The molecule has 1 unspecified atom stereocenters. The van der Waals surface area contributed by atoms with Crippen LogP contribution in [0, 0.1) is 11.8 Å². The Kier molecular flexibility index (Phi) is 6.75. The van der Waals surface area contributed by atoms with Crippen LogP contribution < -0.4 is 4.72 Å². The molecule has 1 rings (SSSR count). The Bertz CT molecular complexity index is 417. The predicted octanol–water partition coefficient (Wildman–Crippen LogP) is 1.43. The van der Waals surface area contributed by atoms with Crippen LogP contribution in [0.3, 0.4) is 0 Å². The topological polar surface area (TPSA) is 66.5 Å². The van der Waals surface area contributed by atoms with Gasteiger partial charge in [0.1, 0.15) is 0 Å². The van der Waals surface area contributed by atoms with Crippen molar-refractivity contribution in [3.8, 4) is 0 Å². The summed E-state index contributed by atoms with van der Waals surface area (Å²) >= 11 is 5.65. The van der Waals surface area contributed by atoms with E-state index < -0.39 is 10.0 Å². The van der Waals surface area contributed by atoms with E-state index in [9.17, 15) is 13.2 Å². The van der Waals surface area contributed by atoms with Crippen molar-refractivity contribution in [2.45, 2.75) is 39.7 Å². The molecule has 0 aromatic rings. The van der Waals surface area contributed by atoms with Crippen molar-refractivity contribution < 1.29 is 13.2 Å². The van der Waals surface area contributed by atoms with Crippen LogP contribution in [0.4, 0.5) is 0 Å². The number of carbonyl (C=O) groups excluding carboxylic acids is 1. The van der Waals surface area contributed by atoms with Gasteiger partial charge < -0.3 is 4.90 Å². The fraction of sp³-hybridized carbons (Fsp3) is 0.923. The molecule has 0 saturated carbocycles. The molecule has 0 aromatic carbocycles. The Labute approximate surface area is 127 Å². The monoisotopic (exact) mass is 324 g/mol. The van der Waals surface area contributed by atoms with Gasteiger partial charge in [-0.15, -0.1) is 11.6 Å². The predicted molar refractivity (Wildman–Crippen MR) is 81.2 cm³/mol. The molecule has 0 aromatic heterocycles. The fourth-order valence-electron chi connectivity index (χ4n) is 2.30. The van der Waals surface area contributed by atoms with E-state index in [1.165, 1.54) is 0 Å². The second kappa shape index (κ2) is 7.61. The van der Waals surface area contributed by atoms with Crippen LogP contribution in [-0.4, -0.2) is 50.0 Å². The average Bonchev–Trinajstić information content (AvgIpc) is 2.37. The van der Waals surface area contributed by atoms with Gasteiger partial charge in [0, 0.05) is 30.9 Å². The maximum Gasteiger partial charge on any atom is 0.225 e. The van der Waals surface area contributed by atoms with Gasteiger partial charge >= 0.3 is 0 Å². The molecule has 0 bridgehead atoms. The Balaban J connectivity index is 2.44. The largest absolute Gasteiger partial charge is 0.342 e. The number of piperidine rings is 1. The molecule has 0 aliphatic carbocycles. The number of alkyl halides is 1. The first-order valence-corrected chi connectivity index (χ1v) is 9.28. The third-order valence-electron chi connectivity index (χ3n) is 3.41. The van der Waals surface area contributed by atoms with Crippen molar-refractivity contribution in [1.29, 1.82) is 0 Å². The minimum absolute atomic E-state index is 0.00666. The van der Waals surface area contributed by atoms with E-state index in [0.29, 0.717) is 31.8 Å². The van der Waals surface area contributed by atoms with Crippen molar-refractivity contribution in [3.05, 3.63) is 0 Å². The third kappa shape index (κ3) is 5.58. The summed E-state index contributed by atoms with van der Waals surface area (Å²) in [6, 6.07) is -0.0706. The highest BCUT2D eigenvalue weighted by Gasteiger charge is 2.27. The molecule has 1 N–H and O–H groups in total. The van der Waals surface area contributed by atoms with Crippen molar-refractivity contribution in [2.75, 3.05) is 24.7 Å². The molecule has 20 heavy (non-hydrogen) atoms. The standard InChI is InChI=1S/C13H25ClN2O3S/c1-10(2)13(17)16-6-4-12(5-7-16)15-20(18,19)9-11(3)8-14/h10-12,15H,4-9H2,1-3H3. The van der Waals surface area contributed by atoms with Crippen LogP contribution >= 0.6 is 11.6 Å². The molecule has 1 amide bonds. The van der Waals surface area contributed by atoms with E-state index in [2.05, 4.69) is 4.72 Å². The Morgan fingerprint density at radius 2 is 1.85 bits per heavy atom. The van der Waals surface area contributed by atoms with Crippen LogP contribution in [0.15, 0.2) is 0 Å². The number of hydrogen-bond acceptors (Lipinski definition) is 3. The third-order valence-corrected chi connectivity index (χ3v) is 5.64. The van der Waals surface area contributed by atoms with E-state index in [1.807, 2.05) is 25.7 Å². The first kappa shape index (κ1) is 17.7. The molecule has 1 aliphatic heterocycles. The molecule has 5 nitrogen and oxygen atoms in total. The van der Waals surface area contributed by atoms with Gasteiger partial charge in [-0.25, -0.2) is 13.1 Å². The van der Waals surface area contributed by atoms with E-state index in [4.69, 9.17) is 11.6 Å². The zero-order valence-corrected chi connectivity index (χ0v) is 14.0. The first-order chi connectivity index (χ1) is 9.25. The number of rotatable bonds is 6. The van der Waals surface area contributed by atoms with Gasteiger partial charge in [0.05, 0.1) is 5.75 Å². The lowest BCUT2D eigenvalue weighted by Crippen LogP contribution is -2.48. The summed E-state index contributed by atoms with van der Waals surface area (Å²) in [4.78, 5) is 13.7. The molecule has 118 valence electrons. The van der Waals surface area contributed by atoms with E-state index in [-0.39, 0.29) is 29.5 Å². The van der Waals surface area contributed by atoms with Crippen molar-refractivity contribution in [1.82, 2.24) is 9.62 Å². The summed E-state index contributed by atoms with van der Waals surface area (Å²) in [5.41, 5.74) is 0. The molecule has 0 radical (unpaired) electrons. The van der Waals surface area contributed by atoms with Crippen molar-refractivity contribution >= 4 is 27.5 Å². The van der Waals surface area contributed by atoms with E-state index in [0.717, 1.165) is 0 Å². The summed E-state index contributed by atoms with van der Waals surface area (Å²) in [6.07, 6.45) is 1.35. The van der Waals surface area contributed by atoms with Gasteiger partial charge in [0.25, 0.3) is 0 Å². The zero-order chi connectivity index (χ0) is 15.3. The maximum atomic E-state index is 11.9. The Hall–Kier alpha value is -0.330. The van der Waals surface area contributed by atoms with Gasteiger partial charge in [-0.1, -0.05) is 20.8 Å². The summed E-state index contributed by atoms with van der Waals surface area (Å²) < 4.78 is 26.6. The van der Waals surface area contributed by atoms with Gasteiger partial charge in [0.15, 0.2) is 0 Å². The Morgan fingerprint density at radius 3 is 2.30 bits per heavy atom. The highest BCUT2D eigenvalue weighted by atomic mass is 35.5. The van der Waals surface area contributed by atoms with E-state index >= 15 is 0 Å². The van der Waals surface area contributed by atoms with Crippen LogP contribution in [0.5, 0.6) is 0 Å². The van der Waals surface area contributed by atoms with Crippen LogP contribution in [0.2, 0.25) is 0 Å². The van der Waals surface area contributed by atoms with Crippen molar-refractivity contribution in [3.63, 3.8) is 0 Å². The van der Waals surface area contributed by atoms with E-state index in [1.54, 1.807) is 0 Å². The number of amides is 1. The summed E-state index contributed by atoms with van der Waals surface area (Å²) in [5, 5.41) is 0. The fourth-order valence-corrected chi connectivity index (χ4v) is 4.25. The summed E-state index contributed by atoms with van der Waals surface area (Å²) in [5.74, 6) is 0.468. The lowest BCUT2D eigenvalue weighted by Gasteiger charge is -2.33. The van der Waals surface area contributed by atoms with Crippen LogP contribution in [-0.2, 0) is 14.8 Å². The summed E-state index contributed by atoms with van der Waals surface area (Å²) in [6.45, 7) is 6.82. The molecule has 1 atom stereocenters. The average molecular weight is 325 g/mol. The maximum absolute atomic E-state index is 11.9. The molecule has 1 heterocycles. The molecule has 0 spiro atoms. The quantitative estimate of drug-likeness (QED) is 0.752. The lowest BCUT2D eigenvalue weighted by molar-refractivity contribution is -0.135. The number of likely N-dealkylation sites (tertiary alicyclic amines) is 1. The SMILES string of the molecule is CC(CCl)CS(=O)(=O)NC1CCN(C(=O)C(C)C)CC1. The van der Waals surface area contributed by atoms with Gasteiger partial charge in [-0.05, 0) is 18.8 Å². The smallest absolute Gasteiger partial charge is 0.225 e. The zero-order valence-electron chi connectivity index (χ0n) is 12.4. The number of carbonyl (C=O) groups is 1. The minimum Gasteiger partial charge on any atom is -0.342 e. The number of hydrogen-bond donors (Lipinski definition) is 1. The number of nitrogens with zero attached hydrogens (tertiary/aromatic N) is 1. The molecular formula is C13H25ClN2O3S. The molecular weight excluding hydrogens is 300 g/mol. The molecule has 1 aliphatic rings. The van der Waals surface area contributed by atoms with Crippen molar-refractivity contribution in [2.24, 2.45) is 11.8 Å². The van der Waals surface area contributed by atoms with Gasteiger partial charge in [-0.3, -0.25) is 4.79 Å². The number of halogens is 1. The second-order valence-corrected chi connectivity index (χ2v) is 8.02. The highest BCUT2D eigenvalue weighted by Crippen LogP contribution is 2.14. The lowest BCUT2D eigenvalue weighted by atomic mass is 10.0. The Morgan fingerprint density at radius 1 is 1.30 bits per heavy atom. The molecule has 1 saturated heterocycles. The molecule has 7 heteroatoms. The second-order valence-electron chi connectivity index (χ2n) is 5.91. The number of nitrogens with one attached hydrogen (secondary N) is 1. The molecule has 1 fully saturated rings. The van der Waals surface area contributed by atoms with Gasteiger partial charge in [-0.2, -0.15) is 0 Å².